The number of benzene rings is 1. The summed E-state index contributed by atoms with van der Waals surface area (Å²) in [6.07, 6.45) is 0.520. The van der Waals surface area contributed by atoms with E-state index in [1.54, 1.807) is 0 Å². The molecule has 17 heavy (non-hydrogen) atoms. The second-order valence-electron chi connectivity index (χ2n) is 3.99. The highest BCUT2D eigenvalue weighted by Gasteiger charge is 2.16. The fraction of sp³-hybridized carbons (Fsp3) is 0.385. The van der Waals surface area contributed by atoms with Crippen molar-refractivity contribution in [3.63, 3.8) is 0 Å². The van der Waals surface area contributed by atoms with Gasteiger partial charge < -0.3 is 10.2 Å². The molecule has 1 N–H and O–H groups in total. The fourth-order valence-corrected chi connectivity index (χ4v) is 1.52. The Morgan fingerprint density at radius 3 is 2.65 bits per heavy atom. The zero-order chi connectivity index (χ0) is 12.8. The van der Waals surface area contributed by atoms with Crippen molar-refractivity contribution in [3.8, 4) is 6.07 Å². The Kier molecular flexibility index (Phi) is 4.53. The fourth-order valence-electron chi connectivity index (χ4n) is 1.52. The van der Waals surface area contributed by atoms with Gasteiger partial charge in [0, 0.05) is 14.1 Å². The number of rotatable bonds is 4. The topological polar surface area (TPSA) is 56.1 Å². The van der Waals surface area contributed by atoms with Crippen LogP contribution in [-0.2, 0) is 4.79 Å². The summed E-state index contributed by atoms with van der Waals surface area (Å²) in [6.45, 7) is 1.82. The summed E-state index contributed by atoms with van der Waals surface area (Å²) >= 11 is 0. The van der Waals surface area contributed by atoms with Gasteiger partial charge in [-0.25, -0.2) is 0 Å². The Morgan fingerprint density at radius 2 is 2.12 bits per heavy atom. The molecule has 0 aliphatic rings. The van der Waals surface area contributed by atoms with Gasteiger partial charge in [0.2, 0.25) is 5.91 Å². The average Bonchev–Trinajstić information content (AvgIpc) is 2.31. The Morgan fingerprint density at radius 1 is 1.47 bits per heavy atom. The molecule has 90 valence electrons. The Hall–Kier alpha value is -2.02. The third-order valence-electron chi connectivity index (χ3n) is 2.52. The highest BCUT2D eigenvalue weighted by Crippen LogP contribution is 2.24. The van der Waals surface area contributed by atoms with Crippen molar-refractivity contribution in [1.82, 2.24) is 0 Å². The number of amides is 1. The number of nitrogens with one attached hydrogen (secondary N) is 1. The van der Waals surface area contributed by atoms with Crippen LogP contribution >= 0.6 is 0 Å². The number of carbonyl (C=O) groups is 1. The number of nitrogens with zero attached hydrogens (tertiary/aromatic N) is 2. The zero-order valence-electron chi connectivity index (χ0n) is 10.4. The van der Waals surface area contributed by atoms with Crippen molar-refractivity contribution in [2.45, 2.75) is 13.3 Å². The SMILES string of the molecule is CCC(C#N)C(=O)Nc1ccccc1N(C)C. The minimum atomic E-state index is -0.592. The van der Waals surface area contributed by atoms with Crippen molar-refractivity contribution in [2.24, 2.45) is 5.92 Å². The maximum absolute atomic E-state index is 11.8. The lowest BCUT2D eigenvalue weighted by Gasteiger charge is -2.18. The second-order valence-corrected chi connectivity index (χ2v) is 3.99. The molecule has 1 aromatic rings. The number of anilines is 2. The van der Waals surface area contributed by atoms with Crippen LogP contribution in [0.15, 0.2) is 24.3 Å². The highest BCUT2D eigenvalue weighted by atomic mass is 16.1. The number of para-hydroxylation sites is 2. The predicted octanol–water partition coefficient (Wildman–Crippen LogP) is 2.24. The molecular formula is C13H17N3O. The summed E-state index contributed by atoms with van der Waals surface area (Å²) in [7, 11) is 3.82. The summed E-state index contributed by atoms with van der Waals surface area (Å²) in [5, 5.41) is 11.6. The smallest absolute Gasteiger partial charge is 0.241 e. The van der Waals surface area contributed by atoms with E-state index in [9.17, 15) is 4.79 Å². The van der Waals surface area contributed by atoms with Crippen LogP contribution in [0.2, 0.25) is 0 Å². The monoisotopic (exact) mass is 231 g/mol. The lowest BCUT2D eigenvalue weighted by Crippen LogP contribution is -2.22. The molecule has 1 unspecified atom stereocenters. The van der Waals surface area contributed by atoms with Gasteiger partial charge in [-0.2, -0.15) is 5.26 Å². The van der Waals surface area contributed by atoms with Gasteiger partial charge in [-0.05, 0) is 18.6 Å². The van der Waals surface area contributed by atoms with E-state index < -0.39 is 5.92 Å². The largest absolute Gasteiger partial charge is 0.376 e. The molecule has 0 saturated carbocycles. The van der Waals surface area contributed by atoms with E-state index in [1.807, 2.05) is 56.3 Å². The molecule has 4 heteroatoms. The summed E-state index contributed by atoms with van der Waals surface area (Å²) in [4.78, 5) is 13.7. The van der Waals surface area contributed by atoms with Crippen LogP contribution in [0.5, 0.6) is 0 Å². The lowest BCUT2D eigenvalue weighted by molar-refractivity contribution is -0.118. The zero-order valence-corrected chi connectivity index (χ0v) is 10.4. The first-order valence-electron chi connectivity index (χ1n) is 5.57. The standard InChI is InChI=1S/C13H17N3O/c1-4-10(9-14)13(17)15-11-7-5-6-8-12(11)16(2)3/h5-8,10H,4H2,1-3H3,(H,15,17). The molecule has 0 heterocycles. The Balaban J connectivity index is 2.89. The molecule has 1 aromatic carbocycles. The van der Waals surface area contributed by atoms with E-state index in [1.165, 1.54) is 0 Å². The van der Waals surface area contributed by atoms with E-state index in [0.29, 0.717) is 6.42 Å². The average molecular weight is 231 g/mol. The third-order valence-corrected chi connectivity index (χ3v) is 2.52. The van der Waals surface area contributed by atoms with Crippen molar-refractivity contribution < 1.29 is 4.79 Å². The Bertz CT molecular complexity index is 435. The van der Waals surface area contributed by atoms with Gasteiger partial charge in [0.15, 0.2) is 0 Å². The summed E-state index contributed by atoms with van der Waals surface area (Å²) < 4.78 is 0. The normalized spacial score (nSPS) is 11.4. The third kappa shape index (κ3) is 3.22. The molecule has 0 fully saturated rings. The molecule has 1 amide bonds. The van der Waals surface area contributed by atoms with Gasteiger partial charge in [-0.3, -0.25) is 4.79 Å². The molecule has 0 aliphatic carbocycles. The first kappa shape index (κ1) is 13.0. The van der Waals surface area contributed by atoms with Crippen LogP contribution in [0.3, 0.4) is 0 Å². The predicted molar refractivity (Wildman–Crippen MR) is 68.8 cm³/mol. The Labute approximate surface area is 102 Å². The van der Waals surface area contributed by atoms with E-state index in [-0.39, 0.29) is 5.91 Å². The molecule has 1 rings (SSSR count). The van der Waals surface area contributed by atoms with E-state index in [0.717, 1.165) is 11.4 Å². The summed E-state index contributed by atoms with van der Waals surface area (Å²) in [5.41, 5.74) is 1.66. The van der Waals surface area contributed by atoms with Gasteiger partial charge in [0.05, 0.1) is 17.4 Å². The molecule has 0 bridgehead atoms. The summed E-state index contributed by atoms with van der Waals surface area (Å²) in [6, 6.07) is 9.51. The molecule has 0 saturated heterocycles. The van der Waals surface area contributed by atoms with Crippen LogP contribution < -0.4 is 10.2 Å². The highest BCUT2D eigenvalue weighted by molar-refractivity contribution is 5.97. The molecule has 0 radical (unpaired) electrons. The van der Waals surface area contributed by atoms with E-state index >= 15 is 0 Å². The minimum absolute atomic E-state index is 0.246. The first-order valence-corrected chi connectivity index (χ1v) is 5.57. The van der Waals surface area contributed by atoms with Crippen LogP contribution in [0.4, 0.5) is 11.4 Å². The van der Waals surface area contributed by atoms with Crippen molar-refractivity contribution in [1.29, 1.82) is 5.26 Å². The van der Waals surface area contributed by atoms with E-state index in [2.05, 4.69) is 5.32 Å². The van der Waals surface area contributed by atoms with Gasteiger partial charge in [0.1, 0.15) is 5.92 Å². The van der Waals surface area contributed by atoms with Gasteiger partial charge in [-0.1, -0.05) is 19.1 Å². The number of carbonyl (C=O) groups excluding carboxylic acids is 1. The molecule has 0 spiro atoms. The molecule has 1 atom stereocenters. The van der Waals surface area contributed by atoms with Gasteiger partial charge in [0.25, 0.3) is 0 Å². The van der Waals surface area contributed by atoms with Crippen molar-refractivity contribution >= 4 is 17.3 Å². The molecule has 0 aliphatic heterocycles. The van der Waals surface area contributed by atoms with Crippen molar-refractivity contribution in [3.05, 3.63) is 24.3 Å². The van der Waals surface area contributed by atoms with E-state index in [4.69, 9.17) is 5.26 Å². The number of hydrogen-bond acceptors (Lipinski definition) is 3. The number of nitriles is 1. The van der Waals surface area contributed by atoms with Crippen LogP contribution in [0, 0.1) is 17.2 Å². The first-order chi connectivity index (χ1) is 8.10. The lowest BCUT2D eigenvalue weighted by atomic mass is 10.1. The second kappa shape index (κ2) is 5.90. The van der Waals surface area contributed by atoms with Crippen LogP contribution in [0.25, 0.3) is 0 Å². The van der Waals surface area contributed by atoms with Crippen molar-refractivity contribution in [2.75, 3.05) is 24.3 Å². The maximum atomic E-state index is 11.8. The quantitative estimate of drug-likeness (QED) is 0.864. The van der Waals surface area contributed by atoms with Gasteiger partial charge in [-0.15, -0.1) is 0 Å². The van der Waals surface area contributed by atoms with Crippen LogP contribution in [0.1, 0.15) is 13.3 Å². The van der Waals surface area contributed by atoms with Gasteiger partial charge >= 0.3 is 0 Å². The molecule has 0 aromatic heterocycles. The summed E-state index contributed by atoms with van der Waals surface area (Å²) in [5.74, 6) is -0.838. The minimum Gasteiger partial charge on any atom is -0.376 e. The van der Waals surface area contributed by atoms with Crippen LogP contribution in [-0.4, -0.2) is 20.0 Å². The molecule has 4 nitrogen and oxygen atoms in total. The number of hydrogen-bond donors (Lipinski definition) is 1. The maximum Gasteiger partial charge on any atom is 0.241 e. The molecular weight excluding hydrogens is 214 g/mol.